The Morgan fingerprint density at radius 2 is 1.86 bits per heavy atom. The van der Waals surface area contributed by atoms with E-state index in [1.807, 2.05) is 22.8 Å². The molecule has 1 aliphatic heterocycles. The molecule has 3 aromatic rings. The van der Waals surface area contributed by atoms with Gasteiger partial charge in [-0.1, -0.05) is 87.8 Å². The minimum Gasteiger partial charge on any atom is -0.338 e. The van der Waals surface area contributed by atoms with Gasteiger partial charge in [0.2, 0.25) is 5.91 Å². The fraction of sp³-hybridized carbons (Fsp3) is 0.483. The lowest BCUT2D eigenvalue weighted by atomic mass is 9.65. The van der Waals surface area contributed by atoms with E-state index >= 15 is 0 Å². The number of para-hydroxylation sites is 1. The minimum atomic E-state index is 0.175. The van der Waals surface area contributed by atoms with Crippen molar-refractivity contribution < 1.29 is 4.79 Å². The zero-order chi connectivity index (χ0) is 26.5. The third kappa shape index (κ3) is 5.30. The number of carbonyl (C=O) groups excluding carboxylic acids is 1. The van der Waals surface area contributed by atoms with Gasteiger partial charge in [-0.2, -0.15) is 0 Å². The van der Waals surface area contributed by atoms with Crippen molar-refractivity contribution in [2.75, 3.05) is 12.3 Å². The van der Waals surface area contributed by atoms with Crippen LogP contribution in [0.25, 0.3) is 17.1 Å². The molecule has 0 N–H and O–H groups in total. The summed E-state index contributed by atoms with van der Waals surface area (Å²) in [6, 6.07) is 14.0. The van der Waals surface area contributed by atoms with Crippen LogP contribution in [0.4, 0.5) is 0 Å². The van der Waals surface area contributed by atoms with Crippen LogP contribution in [0, 0.1) is 10.8 Å². The van der Waals surface area contributed by atoms with Gasteiger partial charge in [0, 0.05) is 23.2 Å². The van der Waals surface area contributed by atoms with E-state index in [-0.39, 0.29) is 16.7 Å². The molecule has 0 radical (unpaired) electrons. The third-order valence-corrected chi connectivity index (χ3v) is 9.13. The summed E-state index contributed by atoms with van der Waals surface area (Å²) < 4.78 is 2.04. The molecule has 2 aliphatic rings. The summed E-state index contributed by atoms with van der Waals surface area (Å²) >= 11 is 14.2. The van der Waals surface area contributed by atoms with Gasteiger partial charge in [-0.15, -0.1) is 10.2 Å². The van der Waals surface area contributed by atoms with Crippen molar-refractivity contribution in [1.29, 1.82) is 0 Å². The number of hydrogen-bond acceptors (Lipinski definition) is 4. The first-order chi connectivity index (χ1) is 17.5. The van der Waals surface area contributed by atoms with Crippen LogP contribution < -0.4 is 0 Å². The van der Waals surface area contributed by atoms with E-state index < -0.39 is 0 Å². The molecule has 2 atom stereocenters. The molecular formula is C29H34Cl2N4OS. The zero-order valence-electron chi connectivity index (χ0n) is 22.1. The molecule has 1 saturated carbocycles. The van der Waals surface area contributed by atoms with Gasteiger partial charge in [-0.25, -0.2) is 0 Å². The van der Waals surface area contributed by atoms with Crippen LogP contribution in [0.15, 0.2) is 47.6 Å². The van der Waals surface area contributed by atoms with Crippen LogP contribution in [0.1, 0.15) is 65.4 Å². The lowest BCUT2D eigenvalue weighted by Crippen LogP contribution is -2.38. The summed E-state index contributed by atoms with van der Waals surface area (Å²) in [5.74, 6) is 1.42. The number of halogens is 2. The topological polar surface area (TPSA) is 51.0 Å². The number of aromatic nitrogens is 3. The molecule has 196 valence electrons. The Bertz CT molecular complexity index is 1340. The molecule has 5 rings (SSSR count). The number of likely N-dealkylation sites (tertiary alicyclic amines) is 1. The molecule has 2 heterocycles. The second-order valence-electron chi connectivity index (χ2n) is 12.0. The molecule has 5 nitrogen and oxygen atoms in total. The molecule has 37 heavy (non-hydrogen) atoms. The smallest absolute Gasteiger partial charge is 0.233 e. The first-order valence-electron chi connectivity index (χ1n) is 12.9. The van der Waals surface area contributed by atoms with E-state index in [2.05, 4.69) is 61.8 Å². The van der Waals surface area contributed by atoms with E-state index in [1.165, 1.54) is 23.7 Å². The first kappa shape index (κ1) is 26.6. The quantitative estimate of drug-likeness (QED) is 0.289. The predicted octanol–water partition coefficient (Wildman–Crippen LogP) is 7.88. The average Bonchev–Trinajstić information content (AvgIpc) is 3.34. The van der Waals surface area contributed by atoms with Gasteiger partial charge in [0.1, 0.15) is 0 Å². The molecule has 2 fully saturated rings. The Hall–Kier alpha value is -2.02. The Balaban J connectivity index is 1.48. The molecule has 1 aliphatic carbocycles. The molecule has 1 aromatic heterocycles. The summed E-state index contributed by atoms with van der Waals surface area (Å²) in [5.41, 5.74) is 3.39. The van der Waals surface area contributed by atoms with Crippen molar-refractivity contribution >= 4 is 40.9 Å². The van der Waals surface area contributed by atoms with Crippen molar-refractivity contribution in [3.8, 4) is 17.1 Å². The van der Waals surface area contributed by atoms with Crippen molar-refractivity contribution in [1.82, 2.24) is 19.7 Å². The molecule has 2 aromatic carbocycles. The highest BCUT2D eigenvalue weighted by Crippen LogP contribution is 2.52. The number of thioether (sulfide) groups is 1. The first-order valence-corrected chi connectivity index (χ1v) is 14.6. The normalized spacial score (nSPS) is 22.6. The lowest BCUT2D eigenvalue weighted by Gasteiger charge is -2.39. The van der Waals surface area contributed by atoms with E-state index in [0.29, 0.717) is 38.7 Å². The monoisotopic (exact) mass is 556 g/mol. The maximum Gasteiger partial charge on any atom is 0.233 e. The standard InChI is InChI=1S/C29H34Cl2N4OS/c1-18(2)21-8-6-7-9-24(21)35-26(22-11-10-19(30)12-23(22)31)32-33-27(35)37-15-25(36)34-17-29(5)14-20(34)13-28(3,4)16-29/h6-12,18,20H,13-17H2,1-5H3. The Kier molecular flexibility index (Phi) is 7.14. The van der Waals surface area contributed by atoms with Crippen LogP contribution in [-0.4, -0.2) is 43.9 Å². The summed E-state index contributed by atoms with van der Waals surface area (Å²) in [5, 5.41) is 10.9. The van der Waals surface area contributed by atoms with Crippen LogP contribution in [0.5, 0.6) is 0 Å². The fourth-order valence-electron chi connectivity index (χ4n) is 6.57. The molecular weight excluding hydrogens is 523 g/mol. The van der Waals surface area contributed by atoms with Crippen LogP contribution in [0.3, 0.4) is 0 Å². The van der Waals surface area contributed by atoms with Crippen molar-refractivity contribution in [3.05, 3.63) is 58.1 Å². The van der Waals surface area contributed by atoms with Crippen LogP contribution in [-0.2, 0) is 4.79 Å². The molecule has 1 saturated heterocycles. The summed E-state index contributed by atoms with van der Waals surface area (Å²) in [6.07, 6.45) is 3.33. The minimum absolute atomic E-state index is 0.175. The lowest BCUT2D eigenvalue weighted by molar-refractivity contribution is -0.129. The second kappa shape index (κ2) is 9.94. The molecule has 2 bridgehead atoms. The number of amides is 1. The maximum atomic E-state index is 13.5. The number of rotatable bonds is 6. The summed E-state index contributed by atoms with van der Waals surface area (Å²) in [6.45, 7) is 12.2. The van der Waals surface area contributed by atoms with Gasteiger partial charge in [0.15, 0.2) is 11.0 Å². The van der Waals surface area contributed by atoms with Gasteiger partial charge >= 0.3 is 0 Å². The van der Waals surface area contributed by atoms with E-state index in [0.717, 1.165) is 30.6 Å². The van der Waals surface area contributed by atoms with Gasteiger partial charge in [-0.05, 0) is 65.8 Å². The second-order valence-corrected chi connectivity index (χ2v) is 13.8. The highest BCUT2D eigenvalue weighted by molar-refractivity contribution is 7.99. The predicted molar refractivity (Wildman–Crippen MR) is 153 cm³/mol. The van der Waals surface area contributed by atoms with Gasteiger partial charge in [-0.3, -0.25) is 9.36 Å². The largest absolute Gasteiger partial charge is 0.338 e. The zero-order valence-corrected chi connectivity index (χ0v) is 24.4. The van der Waals surface area contributed by atoms with Crippen LogP contribution >= 0.6 is 35.0 Å². The van der Waals surface area contributed by atoms with Crippen molar-refractivity contribution in [2.45, 2.75) is 71.0 Å². The van der Waals surface area contributed by atoms with Crippen molar-refractivity contribution in [2.24, 2.45) is 10.8 Å². The highest BCUT2D eigenvalue weighted by Gasteiger charge is 2.50. The molecule has 8 heteroatoms. The maximum absolute atomic E-state index is 13.5. The van der Waals surface area contributed by atoms with E-state index in [9.17, 15) is 4.79 Å². The molecule has 1 amide bonds. The summed E-state index contributed by atoms with van der Waals surface area (Å²) in [4.78, 5) is 15.6. The molecule has 0 spiro atoms. The van der Waals surface area contributed by atoms with Crippen molar-refractivity contribution in [3.63, 3.8) is 0 Å². The third-order valence-electron chi connectivity index (χ3n) is 7.66. The highest BCUT2D eigenvalue weighted by atomic mass is 35.5. The van der Waals surface area contributed by atoms with Gasteiger partial charge in [0.05, 0.1) is 16.5 Å². The Labute approximate surface area is 233 Å². The van der Waals surface area contributed by atoms with Gasteiger partial charge < -0.3 is 4.90 Å². The number of carbonyl (C=O) groups is 1. The SMILES string of the molecule is CC(C)c1ccccc1-n1c(SCC(=O)N2CC3(C)CC2CC(C)(C)C3)nnc1-c1ccc(Cl)cc1Cl. The van der Waals surface area contributed by atoms with E-state index in [1.54, 1.807) is 12.1 Å². The Morgan fingerprint density at radius 1 is 1.11 bits per heavy atom. The Morgan fingerprint density at radius 3 is 2.59 bits per heavy atom. The average molecular weight is 558 g/mol. The van der Waals surface area contributed by atoms with E-state index in [4.69, 9.17) is 23.2 Å². The number of hydrogen-bond donors (Lipinski definition) is 0. The fourth-order valence-corrected chi connectivity index (χ4v) is 7.89. The summed E-state index contributed by atoms with van der Waals surface area (Å²) in [7, 11) is 0. The van der Waals surface area contributed by atoms with Gasteiger partial charge in [0.25, 0.3) is 0 Å². The molecule has 2 unspecified atom stereocenters. The number of fused-ring (bicyclic) bond motifs is 2. The number of benzene rings is 2. The van der Waals surface area contributed by atoms with Crippen LogP contribution in [0.2, 0.25) is 10.0 Å². The number of nitrogens with zero attached hydrogens (tertiary/aromatic N) is 4.